The number of hydrogen-bond acceptors (Lipinski definition) is 9. The Kier molecular flexibility index (Phi) is 7.02. The molecule has 174 valence electrons. The SMILES string of the molecule is COc1nc(N2CCOCC2)ccc1Nc1ncc(Cl)c(Nc2ccccc2P(C)(C)=O)n1. The zero-order valence-corrected chi connectivity index (χ0v) is 20.4. The monoisotopic (exact) mass is 488 g/mol. The summed E-state index contributed by atoms with van der Waals surface area (Å²) in [6, 6.07) is 11.2. The molecule has 0 spiro atoms. The molecule has 2 N–H and O–H groups in total. The van der Waals surface area contributed by atoms with Crippen LogP contribution in [-0.2, 0) is 9.30 Å². The first kappa shape index (κ1) is 23.3. The molecule has 0 aliphatic carbocycles. The number of halogens is 1. The fraction of sp³-hybridized carbons (Fsp3) is 0.318. The molecule has 33 heavy (non-hydrogen) atoms. The lowest BCUT2D eigenvalue weighted by atomic mass is 10.3. The van der Waals surface area contributed by atoms with Crippen LogP contribution in [0, 0.1) is 0 Å². The van der Waals surface area contributed by atoms with Gasteiger partial charge in [-0.15, -0.1) is 0 Å². The summed E-state index contributed by atoms with van der Waals surface area (Å²) >= 11 is 6.34. The fourth-order valence-electron chi connectivity index (χ4n) is 3.46. The largest absolute Gasteiger partial charge is 0.479 e. The lowest BCUT2D eigenvalue weighted by molar-refractivity contribution is 0.122. The van der Waals surface area contributed by atoms with Gasteiger partial charge in [0.25, 0.3) is 0 Å². The first-order valence-corrected chi connectivity index (χ1v) is 13.4. The molecule has 1 saturated heterocycles. The molecule has 0 unspecified atom stereocenters. The van der Waals surface area contributed by atoms with Crippen molar-refractivity contribution in [3.05, 3.63) is 47.6 Å². The van der Waals surface area contributed by atoms with Crippen molar-refractivity contribution in [3.63, 3.8) is 0 Å². The normalized spacial score (nSPS) is 14.1. The number of pyridine rings is 1. The van der Waals surface area contributed by atoms with Gasteiger partial charge in [-0.1, -0.05) is 23.7 Å². The molecule has 0 saturated carbocycles. The van der Waals surface area contributed by atoms with Crippen LogP contribution in [0.15, 0.2) is 42.6 Å². The van der Waals surface area contributed by atoms with Crippen LogP contribution >= 0.6 is 18.7 Å². The number of rotatable bonds is 7. The highest BCUT2D eigenvalue weighted by Gasteiger charge is 2.18. The number of anilines is 5. The molecular weight excluding hydrogens is 463 g/mol. The molecule has 0 bridgehead atoms. The van der Waals surface area contributed by atoms with E-state index in [1.165, 1.54) is 6.20 Å². The maximum Gasteiger partial charge on any atom is 0.239 e. The van der Waals surface area contributed by atoms with Crippen LogP contribution in [0.5, 0.6) is 5.88 Å². The lowest BCUT2D eigenvalue weighted by Gasteiger charge is -2.28. The van der Waals surface area contributed by atoms with Crippen LogP contribution in [0.2, 0.25) is 5.02 Å². The van der Waals surface area contributed by atoms with Crippen molar-refractivity contribution in [2.24, 2.45) is 0 Å². The van der Waals surface area contributed by atoms with Gasteiger partial charge in [0.1, 0.15) is 23.7 Å². The Morgan fingerprint density at radius 1 is 1.06 bits per heavy atom. The quantitative estimate of drug-likeness (QED) is 0.476. The highest BCUT2D eigenvalue weighted by atomic mass is 35.5. The van der Waals surface area contributed by atoms with Crippen molar-refractivity contribution in [2.45, 2.75) is 0 Å². The van der Waals surface area contributed by atoms with E-state index < -0.39 is 7.14 Å². The molecule has 11 heteroatoms. The van der Waals surface area contributed by atoms with Gasteiger partial charge in [0.15, 0.2) is 5.82 Å². The van der Waals surface area contributed by atoms with Gasteiger partial charge in [-0.05, 0) is 37.6 Å². The van der Waals surface area contributed by atoms with Crippen LogP contribution in [-0.4, -0.2) is 61.7 Å². The van der Waals surface area contributed by atoms with Gasteiger partial charge in [-0.3, -0.25) is 0 Å². The minimum absolute atomic E-state index is 0.315. The second kappa shape index (κ2) is 9.95. The number of benzene rings is 1. The Bertz CT molecular complexity index is 1180. The van der Waals surface area contributed by atoms with Crippen molar-refractivity contribution in [1.29, 1.82) is 0 Å². The minimum atomic E-state index is -2.50. The van der Waals surface area contributed by atoms with Crippen LogP contribution in [0.3, 0.4) is 0 Å². The number of ether oxygens (including phenoxy) is 2. The Morgan fingerprint density at radius 2 is 1.82 bits per heavy atom. The second-order valence-corrected chi connectivity index (χ2v) is 11.4. The Hall–Kier alpha value is -2.87. The third-order valence-corrected chi connectivity index (χ3v) is 6.93. The summed E-state index contributed by atoms with van der Waals surface area (Å²) in [4.78, 5) is 15.5. The van der Waals surface area contributed by atoms with Crippen molar-refractivity contribution >= 4 is 53.0 Å². The molecular formula is C22H26ClN6O3P. The van der Waals surface area contributed by atoms with Crippen molar-refractivity contribution in [2.75, 3.05) is 62.3 Å². The standard InChI is InChI=1S/C22H26ClN6O3P/c1-31-21-17(8-9-19(27-21)29-10-12-32-13-11-29)26-22-24-14-15(23)20(28-22)25-16-6-4-5-7-18(16)33(2,3)30/h4-9,14H,10-13H2,1-3H3,(H2,24,25,26,28). The number of para-hydroxylation sites is 1. The van der Waals surface area contributed by atoms with Gasteiger partial charge in [-0.2, -0.15) is 9.97 Å². The molecule has 2 aromatic heterocycles. The maximum atomic E-state index is 12.7. The van der Waals surface area contributed by atoms with E-state index in [0.717, 1.165) is 24.2 Å². The smallest absolute Gasteiger partial charge is 0.239 e. The summed E-state index contributed by atoms with van der Waals surface area (Å²) in [5, 5.41) is 7.40. The van der Waals surface area contributed by atoms with E-state index in [4.69, 9.17) is 21.1 Å². The minimum Gasteiger partial charge on any atom is -0.479 e. The van der Waals surface area contributed by atoms with Gasteiger partial charge < -0.3 is 29.6 Å². The molecule has 4 rings (SSSR count). The van der Waals surface area contributed by atoms with Gasteiger partial charge in [0.05, 0.1) is 32.2 Å². The highest BCUT2D eigenvalue weighted by molar-refractivity contribution is 7.70. The van der Waals surface area contributed by atoms with E-state index in [-0.39, 0.29) is 0 Å². The van der Waals surface area contributed by atoms with Crippen LogP contribution in [0.1, 0.15) is 0 Å². The third kappa shape index (κ3) is 5.55. The van der Waals surface area contributed by atoms with E-state index in [2.05, 4.69) is 30.5 Å². The highest BCUT2D eigenvalue weighted by Crippen LogP contribution is 2.38. The summed E-state index contributed by atoms with van der Waals surface area (Å²) in [6.07, 6.45) is 1.50. The molecule has 9 nitrogen and oxygen atoms in total. The number of morpholine rings is 1. The Morgan fingerprint density at radius 3 is 2.55 bits per heavy atom. The molecule has 0 amide bonds. The van der Waals surface area contributed by atoms with Crippen LogP contribution in [0.25, 0.3) is 0 Å². The average molecular weight is 489 g/mol. The summed E-state index contributed by atoms with van der Waals surface area (Å²) in [6.45, 7) is 6.36. The van der Waals surface area contributed by atoms with Gasteiger partial charge in [0.2, 0.25) is 11.8 Å². The van der Waals surface area contributed by atoms with E-state index >= 15 is 0 Å². The van der Waals surface area contributed by atoms with E-state index in [0.29, 0.717) is 47.3 Å². The van der Waals surface area contributed by atoms with E-state index in [9.17, 15) is 4.57 Å². The molecule has 3 heterocycles. The van der Waals surface area contributed by atoms with Gasteiger partial charge >= 0.3 is 0 Å². The Balaban J connectivity index is 1.58. The third-order valence-electron chi connectivity index (χ3n) is 5.10. The van der Waals surface area contributed by atoms with Crippen LogP contribution < -0.4 is 25.6 Å². The first-order valence-electron chi connectivity index (χ1n) is 10.4. The first-order chi connectivity index (χ1) is 15.8. The van der Waals surface area contributed by atoms with Crippen molar-refractivity contribution < 1.29 is 14.0 Å². The molecule has 0 radical (unpaired) electrons. The molecule has 1 fully saturated rings. The second-order valence-electron chi connectivity index (χ2n) is 7.83. The number of hydrogen-bond donors (Lipinski definition) is 2. The molecule has 1 aromatic carbocycles. The number of methoxy groups -OCH3 is 1. The molecule has 0 atom stereocenters. The summed E-state index contributed by atoms with van der Waals surface area (Å²) in [7, 11) is -0.937. The summed E-state index contributed by atoms with van der Waals surface area (Å²) in [5.74, 6) is 1.96. The van der Waals surface area contributed by atoms with Gasteiger partial charge in [0, 0.05) is 18.4 Å². The van der Waals surface area contributed by atoms with E-state index in [1.54, 1.807) is 20.4 Å². The maximum absolute atomic E-state index is 12.7. The number of aromatic nitrogens is 3. The number of nitrogens with zero attached hydrogens (tertiary/aromatic N) is 4. The van der Waals surface area contributed by atoms with E-state index in [1.807, 2.05) is 36.4 Å². The zero-order chi connectivity index (χ0) is 23.4. The van der Waals surface area contributed by atoms with Crippen LogP contribution in [0.4, 0.5) is 29.0 Å². The Labute approximate surface area is 197 Å². The molecule has 1 aliphatic heterocycles. The van der Waals surface area contributed by atoms with Crippen molar-refractivity contribution in [1.82, 2.24) is 15.0 Å². The predicted molar refractivity (Wildman–Crippen MR) is 133 cm³/mol. The topological polar surface area (TPSA) is 102 Å². The zero-order valence-electron chi connectivity index (χ0n) is 18.7. The molecule has 1 aliphatic rings. The fourth-order valence-corrected chi connectivity index (χ4v) is 4.76. The average Bonchev–Trinajstić information content (AvgIpc) is 2.81. The molecule has 3 aromatic rings. The van der Waals surface area contributed by atoms with Gasteiger partial charge in [-0.25, -0.2) is 4.98 Å². The predicted octanol–water partition coefficient (Wildman–Crippen LogP) is 4.11. The lowest BCUT2D eigenvalue weighted by Crippen LogP contribution is -2.36. The number of nitrogens with one attached hydrogen (secondary N) is 2. The summed E-state index contributed by atoms with van der Waals surface area (Å²) in [5.41, 5.74) is 1.31. The summed E-state index contributed by atoms with van der Waals surface area (Å²) < 4.78 is 23.6. The van der Waals surface area contributed by atoms with Crippen molar-refractivity contribution in [3.8, 4) is 5.88 Å².